The zero-order valence-corrected chi connectivity index (χ0v) is 13.5. The predicted octanol–water partition coefficient (Wildman–Crippen LogP) is 3.39. The number of aryl methyl sites for hydroxylation is 1. The third-order valence-corrected chi connectivity index (χ3v) is 4.05. The highest BCUT2D eigenvalue weighted by Gasteiger charge is 2.26. The smallest absolute Gasteiger partial charge is 0.275 e. The number of nitrogens with zero attached hydrogens (tertiary/aromatic N) is 2. The number of pyridine rings is 1. The number of hydrogen-bond donors (Lipinski definition) is 2. The maximum absolute atomic E-state index is 12.8. The molecule has 3 heterocycles. The first-order valence-electron chi connectivity index (χ1n) is 7.80. The number of carbonyl (C=O) groups excluding carboxylic acids is 1. The number of hydrogen-bond acceptors (Lipinski definition) is 4. The Morgan fingerprint density at radius 2 is 2.24 bits per heavy atom. The van der Waals surface area contributed by atoms with Gasteiger partial charge in [-0.15, -0.1) is 0 Å². The highest BCUT2D eigenvalue weighted by Crippen LogP contribution is 2.38. The van der Waals surface area contributed by atoms with Crippen LogP contribution in [-0.2, 0) is 13.3 Å². The summed E-state index contributed by atoms with van der Waals surface area (Å²) >= 11 is 0. The van der Waals surface area contributed by atoms with Crippen LogP contribution in [-0.4, -0.2) is 21.1 Å². The van der Waals surface area contributed by atoms with Gasteiger partial charge in [0.15, 0.2) is 0 Å². The average Bonchev–Trinajstić information content (AvgIpc) is 3.05. The summed E-state index contributed by atoms with van der Waals surface area (Å²) < 4.78 is 18.5. The number of aromatic nitrogens is 3. The molecule has 25 heavy (non-hydrogen) atoms. The molecule has 1 aromatic carbocycles. The molecule has 126 valence electrons. The zero-order chi connectivity index (χ0) is 17.4. The summed E-state index contributed by atoms with van der Waals surface area (Å²) in [4.78, 5) is 16.8. The van der Waals surface area contributed by atoms with Gasteiger partial charge in [0.1, 0.15) is 36.2 Å². The van der Waals surface area contributed by atoms with Gasteiger partial charge >= 0.3 is 0 Å². The quantitative estimate of drug-likeness (QED) is 0.767. The second-order valence-electron chi connectivity index (χ2n) is 5.80. The molecular weight excluding hydrogens is 323 g/mol. The summed E-state index contributed by atoms with van der Waals surface area (Å²) in [6, 6.07) is 10.5. The molecule has 0 saturated heterocycles. The van der Waals surface area contributed by atoms with Crippen molar-refractivity contribution >= 4 is 11.7 Å². The van der Waals surface area contributed by atoms with E-state index in [4.69, 9.17) is 4.74 Å². The van der Waals surface area contributed by atoms with Gasteiger partial charge in [-0.2, -0.15) is 5.10 Å². The molecule has 2 aromatic heterocycles. The van der Waals surface area contributed by atoms with E-state index < -0.39 is 6.67 Å². The van der Waals surface area contributed by atoms with Gasteiger partial charge < -0.3 is 10.1 Å². The number of H-pyrrole nitrogens is 1. The Morgan fingerprint density at radius 1 is 1.36 bits per heavy atom. The molecule has 0 bridgehead atoms. The number of carbonyl (C=O) groups is 1. The second-order valence-corrected chi connectivity index (χ2v) is 5.80. The summed E-state index contributed by atoms with van der Waals surface area (Å²) in [6.07, 6.45) is 0. The lowest BCUT2D eigenvalue weighted by Gasteiger charge is -2.18. The van der Waals surface area contributed by atoms with Crippen LogP contribution in [0.3, 0.4) is 0 Å². The first-order chi connectivity index (χ1) is 12.2. The zero-order valence-electron chi connectivity index (χ0n) is 13.5. The molecule has 0 spiro atoms. The Morgan fingerprint density at radius 3 is 3.04 bits per heavy atom. The number of nitrogens with one attached hydrogen (secondary N) is 2. The van der Waals surface area contributed by atoms with Crippen molar-refractivity contribution in [2.45, 2.75) is 20.2 Å². The van der Waals surface area contributed by atoms with E-state index in [2.05, 4.69) is 20.5 Å². The van der Waals surface area contributed by atoms with Gasteiger partial charge in [0.2, 0.25) is 0 Å². The van der Waals surface area contributed by atoms with E-state index >= 15 is 0 Å². The first-order valence-corrected chi connectivity index (χ1v) is 7.80. The summed E-state index contributed by atoms with van der Waals surface area (Å²) in [5.41, 5.74) is 3.74. The van der Waals surface area contributed by atoms with Crippen molar-refractivity contribution in [1.82, 2.24) is 15.2 Å². The Hall–Kier alpha value is -3.22. The van der Waals surface area contributed by atoms with Crippen molar-refractivity contribution in [2.75, 3.05) is 5.32 Å². The van der Waals surface area contributed by atoms with Crippen molar-refractivity contribution in [3.8, 4) is 17.0 Å². The molecule has 0 atom stereocenters. The largest absolute Gasteiger partial charge is 0.488 e. The lowest BCUT2D eigenvalue weighted by atomic mass is 10.0. The lowest BCUT2D eigenvalue weighted by molar-refractivity contribution is 0.101. The van der Waals surface area contributed by atoms with Gasteiger partial charge in [-0.05, 0) is 36.8 Å². The Balaban J connectivity index is 1.66. The fourth-order valence-electron chi connectivity index (χ4n) is 2.82. The number of anilines is 1. The second kappa shape index (κ2) is 6.01. The van der Waals surface area contributed by atoms with Crippen molar-refractivity contribution < 1.29 is 13.9 Å². The van der Waals surface area contributed by atoms with E-state index in [0.717, 1.165) is 11.3 Å². The van der Waals surface area contributed by atoms with Gasteiger partial charge in [0.25, 0.3) is 5.91 Å². The minimum atomic E-state index is -0.554. The maximum Gasteiger partial charge on any atom is 0.275 e. The standard InChI is InChI=1S/C18H15FN4O2/c1-10-3-2-4-15(20-10)21-18(24)17-13-9-25-14-7-11(8-19)5-6-12(14)16(13)22-23-17/h2-7H,8-9H2,1H3,(H,22,23)(H,20,21,24). The lowest BCUT2D eigenvalue weighted by Crippen LogP contribution is -2.17. The SMILES string of the molecule is Cc1cccc(NC(=O)c2[nH]nc3c2COc2cc(CF)ccc2-3)n1. The number of amides is 1. The molecule has 2 N–H and O–H groups in total. The average molecular weight is 338 g/mol. The summed E-state index contributed by atoms with van der Waals surface area (Å²) in [5, 5.41) is 9.78. The monoisotopic (exact) mass is 338 g/mol. The molecule has 0 radical (unpaired) electrons. The fraction of sp³-hybridized carbons (Fsp3) is 0.167. The summed E-state index contributed by atoms with van der Waals surface area (Å²) in [5.74, 6) is 0.707. The molecule has 0 saturated carbocycles. The van der Waals surface area contributed by atoms with E-state index in [-0.39, 0.29) is 12.5 Å². The maximum atomic E-state index is 12.8. The number of aromatic amines is 1. The Labute approximate surface area is 143 Å². The number of halogens is 1. The van der Waals surface area contributed by atoms with E-state index in [1.807, 2.05) is 19.1 Å². The van der Waals surface area contributed by atoms with Crippen LogP contribution < -0.4 is 10.1 Å². The van der Waals surface area contributed by atoms with E-state index in [0.29, 0.717) is 34.1 Å². The van der Waals surface area contributed by atoms with Gasteiger partial charge in [0.05, 0.1) is 0 Å². The molecule has 0 unspecified atom stereocenters. The minimum Gasteiger partial charge on any atom is -0.488 e. The van der Waals surface area contributed by atoms with Gasteiger partial charge in [-0.25, -0.2) is 9.37 Å². The summed E-state index contributed by atoms with van der Waals surface area (Å²) in [7, 11) is 0. The molecule has 7 heteroatoms. The highest BCUT2D eigenvalue weighted by molar-refractivity contribution is 6.04. The molecule has 1 amide bonds. The number of fused-ring (bicyclic) bond motifs is 3. The molecule has 0 aliphatic carbocycles. The van der Waals surface area contributed by atoms with Crippen molar-refractivity contribution in [2.24, 2.45) is 0 Å². The van der Waals surface area contributed by atoms with Crippen LogP contribution in [0.15, 0.2) is 36.4 Å². The van der Waals surface area contributed by atoms with Gasteiger partial charge in [-0.3, -0.25) is 9.89 Å². The van der Waals surface area contributed by atoms with Crippen LogP contribution in [0.4, 0.5) is 10.2 Å². The molecule has 1 aliphatic heterocycles. The van der Waals surface area contributed by atoms with Crippen LogP contribution in [0.1, 0.15) is 27.3 Å². The third-order valence-electron chi connectivity index (χ3n) is 4.05. The Bertz CT molecular complexity index is 967. The van der Waals surface area contributed by atoms with Crippen LogP contribution in [0.5, 0.6) is 5.75 Å². The molecule has 1 aliphatic rings. The fourth-order valence-corrected chi connectivity index (χ4v) is 2.82. The summed E-state index contributed by atoms with van der Waals surface area (Å²) in [6.45, 7) is 1.49. The molecule has 4 rings (SSSR count). The number of ether oxygens (including phenoxy) is 1. The minimum absolute atomic E-state index is 0.193. The van der Waals surface area contributed by atoms with Crippen LogP contribution in [0.2, 0.25) is 0 Å². The van der Waals surface area contributed by atoms with E-state index in [1.54, 1.807) is 24.3 Å². The van der Waals surface area contributed by atoms with Crippen molar-refractivity contribution in [1.29, 1.82) is 0 Å². The number of rotatable bonds is 3. The van der Waals surface area contributed by atoms with Crippen molar-refractivity contribution in [3.63, 3.8) is 0 Å². The molecule has 3 aromatic rings. The predicted molar refractivity (Wildman–Crippen MR) is 90.1 cm³/mol. The van der Waals surface area contributed by atoms with Gasteiger partial charge in [0, 0.05) is 16.8 Å². The first kappa shape index (κ1) is 15.3. The Kier molecular flexibility index (Phi) is 3.68. The van der Waals surface area contributed by atoms with Crippen LogP contribution >= 0.6 is 0 Å². The molecule has 0 fully saturated rings. The molecular formula is C18H15FN4O2. The van der Waals surface area contributed by atoms with Crippen LogP contribution in [0, 0.1) is 6.92 Å². The van der Waals surface area contributed by atoms with Gasteiger partial charge in [-0.1, -0.05) is 12.1 Å². The van der Waals surface area contributed by atoms with Crippen molar-refractivity contribution in [3.05, 3.63) is 58.9 Å². The number of alkyl halides is 1. The molecule has 6 nitrogen and oxygen atoms in total. The van der Waals surface area contributed by atoms with E-state index in [9.17, 15) is 9.18 Å². The van der Waals surface area contributed by atoms with Crippen LogP contribution in [0.25, 0.3) is 11.3 Å². The number of benzene rings is 1. The topological polar surface area (TPSA) is 79.9 Å². The third kappa shape index (κ3) is 2.73. The highest BCUT2D eigenvalue weighted by atomic mass is 19.1. The normalized spacial score (nSPS) is 12.1. The van der Waals surface area contributed by atoms with E-state index in [1.165, 1.54) is 0 Å².